The summed E-state index contributed by atoms with van der Waals surface area (Å²) >= 11 is 0. The minimum Gasteiger partial charge on any atom is -0.363 e. The molecule has 0 spiro atoms. The number of cyclic esters (lactones) is 2. The smallest absolute Gasteiger partial charge is 0.363 e. The predicted octanol–water partition coefficient (Wildman–Crippen LogP) is 6.03. The maximum Gasteiger partial charge on any atom is 0.518 e. The minimum absolute atomic E-state index is 0.387. The summed E-state index contributed by atoms with van der Waals surface area (Å²) in [6, 6.07) is 0. The van der Waals surface area contributed by atoms with Crippen LogP contribution in [0.5, 0.6) is 0 Å². The quantitative estimate of drug-likeness (QED) is 0.134. The van der Waals surface area contributed by atoms with Crippen LogP contribution in [-0.4, -0.2) is 17.7 Å². The molecule has 1 rings (SSSR count). The second-order valence-corrected chi connectivity index (χ2v) is 7.07. The molecule has 1 fully saturated rings. The molecule has 1 saturated heterocycles. The fraction of sp³-hybridized carbons (Fsp3) is 0.842. The molecule has 0 aromatic heterocycles. The Labute approximate surface area is 146 Å². The minimum atomic E-state index is -1.42. The van der Waals surface area contributed by atoms with Crippen LogP contribution >= 0.6 is 0 Å². The summed E-state index contributed by atoms with van der Waals surface area (Å²) in [6.45, 7) is 10.3. The van der Waals surface area contributed by atoms with E-state index >= 15 is 0 Å². The molecule has 0 aromatic rings. The number of unbranched alkanes of at least 4 members (excludes halogenated alkanes) is 3. The number of hydrogen-bond donors (Lipinski definition) is 0. The van der Waals surface area contributed by atoms with Gasteiger partial charge in [0.2, 0.25) is 0 Å². The van der Waals surface area contributed by atoms with Gasteiger partial charge in [-0.1, -0.05) is 58.1 Å². The van der Waals surface area contributed by atoms with Crippen LogP contribution in [-0.2, 0) is 19.2 Å². The first kappa shape index (κ1) is 21.0. The van der Waals surface area contributed by atoms with Gasteiger partial charge in [0.15, 0.2) is 0 Å². The van der Waals surface area contributed by atoms with Crippen LogP contribution in [0.4, 0.5) is 4.79 Å². The fourth-order valence-corrected chi connectivity index (χ4v) is 2.65. The fourth-order valence-electron chi connectivity index (χ4n) is 2.65. The first-order chi connectivity index (χ1) is 11.4. The van der Waals surface area contributed by atoms with Crippen molar-refractivity contribution in [1.29, 1.82) is 0 Å². The lowest BCUT2D eigenvalue weighted by Crippen LogP contribution is -2.53. The molecule has 0 unspecified atom stereocenters. The summed E-state index contributed by atoms with van der Waals surface area (Å²) in [5.41, 5.74) is 0.713. The van der Waals surface area contributed by atoms with Crippen molar-refractivity contribution in [2.75, 3.05) is 0 Å². The summed E-state index contributed by atoms with van der Waals surface area (Å²) in [5.74, 6) is -1.42. The monoisotopic (exact) mass is 342 g/mol. The second kappa shape index (κ2) is 10.0. The highest BCUT2D eigenvalue weighted by atomic mass is 17.3. The normalized spacial score (nSPS) is 17.2. The summed E-state index contributed by atoms with van der Waals surface area (Å²) in [4.78, 5) is 22.3. The number of hydrogen-bond acceptors (Lipinski definition) is 5. The Morgan fingerprint density at radius 2 is 1.79 bits per heavy atom. The third-order valence-corrected chi connectivity index (χ3v) is 4.04. The zero-order chi connectivity index (χ0) is 18.1. The van der Waals surface area contributed by atoms with Gasteiger partial charge in [0, 0.05) is 0 Å². The van der Waals surface area contributed by atoms with Crippen LogP contribution in [0.15, 0.2) is 11.6 Å². The topological polar surface area (TPSA) is 54.0 Å². The van der Waals surface area contributed by atoms with Crippen molar-refractivity contribution in [1.82, 2.24) is 0 Å². The van der Waals surface area contributed by atoms with Gasteiger partial charge in [-0.25, -0.2) is 9.68 Å². The van der Waals surface area contributed by atoms with Crippen LogP contribution in [0.2, 0.25) is 0 Å². The van der Waals surface area contributed by atoms with Gasteiger partial charge in [-0.2, -0.15) is 0 Å². The molecule has 0 aromatic carbocycles. The van der Waals surface area contributed by atoms with Gasteiger partial charge < -0.3 is 9.47 Å². The summed E-state index contributed by atoms with van der Waals surface area (Å²) < 4.78 is 10.3. The molecular weight excluding hydrogens is 308 g/mol. The Balaban J connectivity index is 2.60. The summed E-state index contributed by atoms with van der Waals surface area (Å²) in [5, 5.41) is 0. The number of carbonyl (C=O) groups excluding carboxylic acids is 1. The van der Waals surface area contributed by atoms with Crippen molar-refractivity contribution in [2.45, 2.75) is 104 Å². The Morgan fingerprint density at radius 3 is 2.33 bits per heavy atom. The van der Waals surface area contributed by atoms with E-state index in [9.17, 15) is 4.79 Å². The van der Waals surface area contributed by atoms with Gasteiger partial charge in [0.05, 0.1) is 12.0 Å². The van der Waals surface area contributed by atoms with Gasteiger partial charge in [-0.05, 0) is 39.5 Å². The van der Waals surface area contributed by atoms with Gasteiger partial charge in [0.1, 0.15) is 0 Å². The van der Waals surface area contributed by atoms with E-state index in [2.05, 4.69) is 26.8 Å². The molecule has 5 heteroatoms. The van der Waals surface area contributed by atoms with E-state index in [1.807, 2.05) is 13.8 Å². The van der Waals surface area contributed by atoms with E-state index in [0.29, 0.717) is 6.42 Å². The number of allylic oxidation sites excluding steroid dienone is 1. The first-order valence-electron chi connectivity index (χ1n) is 9.33. The molecule has 1 heterocycles. The lowest BCUT2D eigenvalue weighted by Gasteiger charge is -2.39. The van der Waals surface area contributed by atoms with Gasteiger partial charge in [0.25, 0.3) is 0 Å². The average Bonchev–Trinajstić information content (AvgIpc) is 2.49. The Kier molecular flexibility index (Phi) is 8.78. The first-order valence-corrected chi connectivity index (χ1v) is 9.33. The number of ether oxygens (including phenoxy) is 2. The molecule has 0 amide bonds. The highest BCUT2D eigenvalue weighted by Gasteiger charge is 2.53. The van der Waals surface area contributed by atoms with Gasteiger partial charge >= 0.3 is 12.1 Å². The van der Waals surface area contributed by atoms with Crippen molar-refractivity contribution < 1.29 is 24.0 Å². The molecule has 0 bridgehead atoms. The van der Waals surface area contributed by atoms with Crippen LogP contribution in [0, 0.1) is 0 Å². The van der Waals surface area contributed by atoms with E-state index in [0.717, 1.165) is 51.4 Å². The number of rotatable bonds is 13. The van der Waals surface area contributed by atoms with E-state index < -0.39 is 17.7 Å². The van der Waals surface area contributed by atoms with E-state index in [1.54, 1.807) is 0 Å². The zero-order valence-electron chi connectivity index (χ0n) is 16.0. The number of carbonyl (C=O) groups is 1. The van der Waals surface area contributed by atoms with Crippen LogP contribution in [0.1, 0.15) is 92.4 Å². The third-order valence-electron chi connectivity index (χ3n) is 4.04. The van der Waals surface area contributed by atoms with Crippen LogP contribution in [0.25, 0.3) is 0 Å². The van der Waals surface area contributed by atoms with Crippen molar-refractivity contribution in [3.63, 3.8) is 0 Å². The van der Waals surface area contributed by atoms with Crippen molar-refractivity contribution in [3.05, 3.63) is 11.6 Å². The zero-order valence-corrected chi connectivity index (χ0v) is 16.0. The molecule has 0 radical (unpaired) electrons. The van der Waals surface area contributed by atoms with Crippen molar-refractivity contribution in [3.8, 4) is 0 Å². The molecule has 0 N–H and O–H groups in total. The Hall–Kier alpha value is -1.07. The lowest BCUT2D eigenvalue weighted by molar-refractivity contribution is -0.541. The SMILES string of the molecule is CC/C=C(\CCCC)CC1(OOC(C)(C)CCCCC)OC(=O)O1. The van der Waals surface area contributed by atoms with E-state index in [-0.39, 0.29) is 0 Å². The third kappa shape index (κ3) is 7.22. The molecule has 0 saturated carbocycles. The maximum absolute atomic E-state index is 11.2. The molecular formula is C19H34O5. The van der Waals surface area contributed by atoms with Gasteiger partial charge in [-0.15, -0.1) is 4.89 Å². The predicted molar refractivity (Wildman–Crippen MR) is 93.2 cm³/mol. The molecule has 1 aliphatic rings. The molecule has 5 nitrogen and oxygen atoms in total. The molecule has 0 atom stereocenters. The van der Waals surface area contributed by atoms with Crippen molar-refractivity contribution >= 4 is 6.16 Å². The van der Waals surface area contributed by atoms with Crippen molar-refractivity contribution in [2.24, 2.45) is 0 Å². The Bertz CT molecular complexity index is 406. The van der Waals surface area contributed by atoms with E-state index in [4.69, 9.17) is 19.2 Å². The molecule has 0 aliphatic carbocycles. The molecule has 140 valence electrons. The van der Waals surface area contributed by atoms with E-state index in [1.165, 1.54) is 5.57 Å². The highest BCUT2D eigenvalue weighted by molar-refractivity contribution is 5.65. The molecule has 1 aliphatic heterocycles. The van der Waals surface area contributed by atoms with Gasteiger partial charge in [-0.3, -0.25) is 0 Å². The lowest BCUT2D eigenvalue weighted by atomic mass is 10.0. The standard InChI is InChI=1S/C19H34O5/c1-6-9-11-14-18(4,5)23-24-19(21-17(20)22-19)15-16(12-8-3)13-10-7-2/h12H,6-11,13-15H2,1-5H3/b16-12+. The summed E-state index contributed by atoms with van der Waals surface area (Å²) in [7, 11) is 0. The summed E-state index contributed by atoms with van der Waals surface area (Å²) in [6.07, 6.45) is 10.1. The average molecular weight is 342 g/mol. The Morgan fingerprint density at radius 1 is 1.12 bits per heavy atom. The molecule has 24 heavy (non-hydrogen) atoms. The maximum atomic E-state index is 11.2. The van der Waals surface area contributed by atoms with Crippen LogP contribution < -0.4 is 0 Å². The van der Waals surface area contributed by atoms with Crippen LogP contribution in [0.3, 0.4) is 0 Å². The second-order valence-electron chi connectivity index (χ2n) is 7.07. The largest absolute Gasteiger partial charge is 0.518 e. The highest BCUT2D eigenvalue weighted by Crippen LogP contribution is 2.36.